The van der Waals surface area contributed by atoms with Gasteiger partial charge in [-0.1, -0.05) is 67.4 Å². The summed E-state index contributed by atoms with van der Waals surface area (Å²) in [4.78, 5) is 15.1. The zero-order valence-electron chi connectivity index (χ0n) is 13.4. The van der Waals surface area contributed by atoms with Gasteiger partial charge in [-0.05, 0) is 35.6 Å². The fraction of sp³-hybridized carbons (Fsp3) is 0.350. The maximum absolute atomic E-state index is 13.1. The summed E-state index contributed by atoms with van der Waals surface area (Å²) in [5.74, 6) is 0.611. The van der Waals surface area contributed by atoms with Gasteiger partial charge in [0.05, 0.1) is 5.92 Å². The van der Waals surface area contributed by atoms with E-state index in [9.17, 15) is 4.79 Å². The molecule has 120 valence electrons. The summed E-state index contributed by atoms with van der Waals surface area (Å²) < 4.78 is 0. The van der Waals surface area contributed by atoms with Gasteiger partial charge in [0.1, 0.15) is 0 Å². The standard InChI is InChI=1S/C20H22ClNO/c1-2-16-12-13-22(14-15-6-4-3-5-7-15)20(23)19(16)17-8-10-18(21)11-9-17/h3-11,16,19H,2,12-14H2,1H3/t16-,19-/m1/s1. The number of likely N-dealkylation sites (tertiary alicyclic amines) is 1. The Balaban J connectivity index is 1.83. The molecule has 1 fully saturated rings. The van der Waals surface area contributed by atoms with Crippen LogP contribution in [0.4, 0.5) is 0 Å². The third-order valence-corrected chi connectivity index (χ3v) is 5.04. The van der Waals surface area contributed by atoms with Crippen LogP contribution in [0.3, 0.4) is 0 Å². The number of halogens is 1. The second kappa shape index (κ2) is 7.18. The van der Waals surface area contributed by atoms with E-state index in [0.717, 1.165) is 24.9 Å². The van der Waals surface area contributed by atoms with Crippen molar-refractivity contribution in [1.82, 2.24) is 4.90 Å². The van der Waals surface area contributed by atoms with Crippen LogP contribution in [0.2, 0.25) is 5.02 Å². The van der Waals surface area contributed by atoms with Gasteiger partial charge in [-0.3, -0.25) is 4.79 Å². The molecule has 1 aliphatic rings. The molecule has 2 nitrogen and oxygen atoms in total. The summed E-state index contributed by atoms with van der Waals surface area (Å²) in [7, 11) is 0. The molecule has 2 atom stereocenters. The molecule has 1 amide bonds. The van der Waals surface area contributed by atoms with Gasteiger partial charge in [-0.15, -0.1) is 0 Å². The summed E-state index contributed by atoms with van der Waals surface area (Å²) in [6, 6.07) is 18.0. The SMILES string of the molecule is CC[C@@H]1CCN(Cc2ccccc2)C(=O)[C@H]1c1ccc(Cl)cc1. The van der Waals surface area contributed by atoms with Crippen molar-refractivity contribution in [2.45, 2.75) is 32.2 Å². The molecular formula is C20H22ClNO. The number of rotatable bonds is 4. The first-order valence-electron chi connectivity index (χ1n) is 8.27. The normalized spacial score (nSPS) is 21.5. The minimum Gasteiger partial charge on any atom is -0.338 e. The average Bonchev–Trinajstić information content (AvgIpc) is 2.58. The minimum atomic E-state index is -0.0465. The largest absolute Gasteiger partial charge is 0.338 e. The number of carbonyl (C=O) groups excluding carboxylic acids is 1. The van der Waals surface area contributed by atoms with Gasteiger partial charge in [-0.2, -0.15) is 0 Å². The van der Waals surface area contributed by atoms with Gasteiger partial charge in [-0.25, -0.2) is 0 Å². The number of amides is 1. The maximum Gasteiger partial charge on any atom is 0.230 e. The second-order valence-corrected chi connectivity index (χ2v) is 6.67. The Hall–Kier alpha value is -1.80. The predicted molar refractivity (Wildman–Crippen MR) is 94.5 cm³/mol. The monoisotopic (exact) mass is 327 g/mol. The Morgan fingerprint density at radius 1 is 1.09 bits per heavy atom. The fourth-order valence-corrected chi connectivity index (χ4v) is 3.61. The zero-order valence-corrected chi connectivity index (χ0v) is 14.2. The number of nitrogens with zero attached hydrogens (tertiary/aromatic N) is 1. The van der Waals surface area contributed by atoms with Crippen LogP contribution in [0.15, 0.2) is 54.6 Å². The lowest BCUT2D eigenvalue weighted by molar-refractivity contribution is -0.138. The van der Waals surface area contributed by atoms with Crippen molar-refractivity contribution in [3.63, 3.8) is 0 Å². The van der Waals surface area contributed by atoms with Crippen molar-refractivity contribution in [2.24, 2.45) is 5.92 Å². The van der Waals surface area contributed by atoms with Crippen LogP contribution in [0.1, 0.15) is 36.8 Å². The summed E-state index contributed by atoms with van der Waals surface area (Å²) in [5, 5.41) is 0.714. The number of piperidine rings is 1. The fourth-order valence-electron chi connectivity index (χ4n) is 3.48. The van der Waals surface area contributed by atoms with Crippen LogP contribution in [-0.2, 0) is 11.3 Å². The van der Waals surface area contributed by atoms with Crippen LogP contribution in [0.5, 0.6) is 0 Å². The van der Waals surface area contributed by atoms with E-state index in [2.05, 4.69) is 19.1 Å². The highest BCUT2D eigenvalue weighted by Crippen LogP contribution is 2.36. The Morgan fingerprint density at radius 2 is 1.78 bits per heavy atom. The van der Waals surface area contributed by atoms with Gasteiger partial charge in [0.15, 0.2) is 0 Å². The van der Waals surface area contributed by atoms with Crippen LogP contribution >= 0.6 is 11.6 Å². The summed E-state index contributed by atoms with van der Waals surface area (Å²) in [5.41, 5.74) is 2.27. The average molecular weight is 328 g/mol. The number of hydrogen-bond acceptors (Lipinski definition) is 1. The molecule has 0 aromatic heterocycles. The topological polar surface area (TPSA) is 20.3 Å². The van der Waals surface area contributed by atoms with Crippen LogP contribution in [0.25, 0.3) is 0 Å². The second-order valence-electron chi connectivity index (χ2n) is 6.23. The van der Waals surface area contributed by atoms with Gasteiger partial charge in [0, 0.05) is 18.1 Å². The van der Waals surface area contributed by atoms with Crippen molar-refractivity contribution in [2.75, 3.05) is 6.54 Å². The molecule has 1 aliphatic heterocycles. The molecule has 1 saturated heterocycles. The highest BCUT2D eigenvalue weighted by atomic mass is 35.5. The first kappa shape index (κ1) is 16.1. The summed E-state index contributed by atoms with van der Waals surface area (Å²) >= 11 is 6.00. The Bertz CT molecular complexity index is 653. The summed E-state index contributed by atoms with van der Waals surface area (Å²) in [6.45, 7) is 3.71. The molecule has 0 aliphatic carbocycles. The Kier molecular flexibility index (Phi) is 5.02. The number of carbonyl (C=O) groups is 1. The number of hydrogen-bond donors (Lipinski definition) is 0. The van der Waals surface area contributed by atoms with E-state index in [1.807, 2.05) is 47.4 Å². The molecule has 0 radical (unpaired) electrons. The molecule has 3 rings (SSSR count). The Labute approximate surface area is 143 Å². The minimum absolute atomic E-state index is 0.0465. The first-order valence-corrected chi connectivity index (χ1v) is 8.65. The van der Waals surface area contributed by atoms with Crippen molar-refractivity contribution in [1.29, 1.82) is 0 Å². The smallest absolute Gasteiger partial charge is 0.230 e. The van der Waals surface area contributed by atoms with E-state index in [1.54, 1.807) is 0 Å². The third kappa shape index (κ3) is 3.59. The van der Waals surface area contributed by atoms with Crippen molar-refractivity contribution < 1.29 is 4.79 Å². The molecule has 0 unspecified atom stereocenters. The van der Waals surface area contributed by atoms with E-state index in [0.29, 0.717) is 17.5 Å². The van der Waals surface area contributed by atoms with E-state index in [4.69, 9.17) is 11.6 Å². The third-order valence-electron chi connectivity index (χ3n) is 4.79. The molecule has 0 saturated carbocycles. The van der Waals surface area contributed by atoms with Crippen LogP contribution < -0.4 is 0 Å². The molecule has 23 heavy (non-hydrogen) atoms. The highest BCUT2D eigenvalue weighted by Gasteiger charge is 2.36. The first-order chi connectivity index (χ1) is 11.2. The maximum atomic E-state index is 13.1. The van der Waals surface area contributed by atoms with Crippen molar-refractivity contribution >= 4 is 17.5 Å². The van der Waals surface area contributed by atoms with Crippen LogP contribution in [0, 0.1) is 5.92 Å². The van der Waals surface area contributed by atoms with Crippen molar-refractivity contribution in [3.05, 3.63) is 70.7 Å². The lowest BCUT2D eigenvalue weighted by atomic mass is 9.78. The summed E-state index contributed by atoms with van der Waals surface area (Å²) in [6.07, 6.45) is 2.08. The van der Waals surface area contributed by atoms with Gasteiger partial charge in [0.25, 0.3) is 0 Å². The lowest BCUT2D eigenvalue weighted by Gasteiger charge is -2.38. The van der Waals surface area contributed by atoms with E-state index in [1.165, 1.54) is 5.56 Å². The molecule has 1 heterocycles. The van der Waals surface area contributed by atoms with Crippen molar-refractivity contribution in [3.8, 4) is 0 Å². The van der Waals surface area contributed by atoms with E-state index in [-0.39, 0.29) is 11.8 Å². The van der Waals surface area contributed by atoms with Gasteiger partial charge in [0.2, 0.25) is 5.91 Å². The van der Waals surface area contributed by atoms with Gasteiger partial charge >= 0.3 is 0 Å². The zero-order chi connectivity index (χ0) is 16.2. The van der Waals surface area contributed by atoms with E-state index < -0.39 is 0 Å². The molecule has 3 heteroatoms. The van der Waals surface area contributed by atoms with E-state index >= 15 is 0 Å². The number of benzene rings is 2. The molecule has 0 spiro atoms. The van der Waals surface area contributed by atoms with Crippen LogP contribution in [-0.4, -0.2) is 17.4 Å². The van der Waals surface area contributed by atoms with Gasteiger partial charge < -0.3 is 4.90 Å². The predicted octanol–water partition coefficient (Wildman–Crippen LogP) is 4.88. The highest BCUT2D eigenvalue weighted by molar-refractivity contribution is 6.30. The molecule has 2 aromatic rings. The molecule has 0 N–H and O–H groups in total. The Morgan fingerprint density at radius 3 is 2.43 bits per heavy atom. The molecule has 2 aromatic carbocycles. The molecule has 0 bridgehead atoms. The molecular weight excluding hydrogens is 306 g/mol. The quantitative estimate of drug-likeness (QED) is 0.783. The lowest BCUT2D eigenvalue weighted by Crippen LogP contribution is -2.43.